The standard InChI is InChI=1S/C12H24N2O4.C8H14O4/c1-5-6-12(4,7-17-10(13)15)8-18-11(16)14-9(2)3;1-5-4-8(11-6(2)9)12-7(3)10-5/h9H,5-8H2,1-4H3,(H2,13,15)(H,14,16);5,7-8H,4H2,1-3H3. The molecule has 0 radical (unpaired) electrons. The van der Waals surface area contributed by atoms with Crippen LogP contribution in [-0.4, -0.2) is 56.1 Å². The van der Waals surface area contributed by atoms with E-state index < -0.39 is 23.9 Å². The number of carbonyl (C=O) groups is 3. The average Bonchev–Trinajstić information content (AvgIpc) is 2.57. The van der Waals surface area contributed by atoms with Crippen LogP contribution in [0.5, 0.6) is 0 Å². The average molecular weight is 435 g/mol. The van der Waals surface area contributed by atoms with E-state index in [1.54, 1.807) is 6.92 Å². The number of esters is 1. The minimum absolute atomic E-state index is 0.0248. The quantitative estimate of drug-likeness (QED) is 0.439. The zero-order valence-electron chi connectivity index (χ0n) is 19.2. The van der Waals surface area contributed by atoms with Crippen LogP contribution < -0.4 is 11.1 Å². The second kappa shape index (κ2) is 14.0. The summed E-state index contributed by atoms with van der Waals surface area (Å²) in [4.78, 5) is 32.6. The highest BCUT2D eigenvalue weighted by atomic mass is 16.8. The van der Waals surface area contributed by atoms with Crippen LogP contribution in [0.25, 0.3) is 0 Å². The van der Waals surface area contributed by atoms with Crippen LogP contribution in [0.1, 0.15) is 67.7 Å². The minimum atomic E-state index is -0.816. The summed E-state index contributed by atoms with van der Waals surface area (Å²) in [5.74, 6) is -0.318. The van der Waals surface area contributed by atoms with Crippen molar-refractivity contribution in [3.8, 4) is 0 Å². The molecule has 2 amide bonds. The van der Waals surface area contributed by atoms with Gasteiger partial charge in [-0.2, -0.15) is 0 Å². The van der Waals surface area contributed by atoms with Crippen molar-refractivity contribution >= 4 is 18.2 Å². The van der Waals surface area contributed by atoms with Crippen LogP contribution in [-0.2, 0) is 28.5 Å². The maximum Gasteiger partial charge on any atom is 0.407 e. The lowest BCUT2D eigenvalue weighted by Crippen LogP contribution is -2.37. The summed E-state index contributed by atoms with van der Waals surface area (Å²) in [6.45, 7) is 13.0. The van der Waals surface area contributed by atoms with Crippen molar-refractivity contribution in [3.63, 3.8) is 0 Å². The number of nitrogens with two attached hydrogens (primary N) is 1. The largest absolute Gasteiger partial charge is 0.449 e. The summed E-state index contributed by atoms with van der Waals surface area (Å²) < 4.78 is 25.3. The summed E-state index contributed by atoms with van der Waals surface area (Å²) in [5.41, 5.74) is 4.53. The van der Waals surface area contributed by atoms with Crippen molar-refractivity contribution in [2.75, 3.05) is 13.2 Å². The van der Waals surface area contributed by atoms with Gasteiger partial charge >= 0.3 is 18.2 Å². The van der Waals surface area contributed by atoms with E-state index in [0.717, 1.165) is 12.8 Å². The van der Waals surface area contributed by atoms with Gasteiger partial charge in [-0.25, -0.2) is 9.59 Å². The molecule has 10 nitrogen and oxygen atoms in total. The van der Waals surface area contributed by atoms with Crippen molar-refractivity contribution in [2.24, 2.45) is 11.1 Å². The van der Waals surface area contributed by atoms with Crippen LogP contribution in [0.3, 0.4) is 0 Å². The predicted octanol–water partition coefficient (Wildman–Crippen LogP) is 3.07. The maximum absolute atomic E-state index is 11.4. The third-order valence-corrected chi connectivity index (χ3v) is 3.96. The van der Waals surface area contributed by atoms with Crippen LogP contribution in [0, 0.1) is 5.41 Å². The molecule has 1 aliphatic heterocycles. The van der Waals surface area contributed by atoms with Crippen molar-refractivity contribution < 1.29 is 38.1 Å². The second-order valence-corrected chi connectivity index (χ2v) is 7.97. The predicted molar refractivity (Wildman–Crippen MR) is 109 cm³/mol. The lowest BCUT2D eigenvalue weighted by molar-refractivity contribution is -0.288. The van der Waals surface area contributed by atoms with Crippen LogP contribution >= 0.6 is 0 Å². The van der Waals surface area contributed by atoms with Crippen LogP contribution in [0.4, 0.5) is 9.59 Å². The number of ether oxygens (including phenoxy) is 5. The highest BCUT2D eigenvalue weighted by molar-refractivity contribution is 5.67. The zero-order chi connectivity index (χ0) is 23.3. The zero-order valence-corrected chi connectivity index (χ0v) is 19.2. The molecule has 1 rings (SSSR count). The fourth-order valence-electron chi connectivity index (χ4n) is 2.77. The van der Waals surface area contributed by atoms with Gasteiger partial charge < -0.3 is 34.7 Å². The van der Waals surface area contributed by atoms with Gasteiger partial charge in [-0.3, -0.25) is 4.79 Å². The van der Waals surface area contributed by atoms with E-state index in [9.17, 15) is 14.4 Å². The molecule has 30 heavy (non-hydrogen) atoms. The molecule has 0 bridgehead atoms. The molecular formula is C20H38N2O8. The van der Waals surface area contributed by atoms with Gasteiger partial charge in [-0.1, -0.05) is 20.3 Å². The molecular weight excluding hydrogens is 396 g/mol. The van der Waals surface area contributed by atoms with Crippen molar-refractivity contribution in [2.45, 2.75) is 92.5 Å². The highest BCUT2D eigenvalue weighted by Gasteiger charge is 2.28. The van der Waals surface area contributed by atoms with E-state index in [1.807, 2.05) is 34.6 Å². The number of hydrogen-bond acceptors (Lipinski definition) is 8. The Morgan fingerprint density at radius 3 is 2.23 bits per heavy atom. The first kappa shape index (κ1) is 27.9. The van der Waals surface area contributed by atoms with E-state index >= 15 is 0 Å². The minimum Gasteiger partial charge on any atom is -0.449 e. The van der Waals surface area contributed by atoms with Gasteiger partial charge in [-0.15, -0.1) is 0 Å². The Morgan fingerprint density at radius 2 is 1.77 bits per heavy atom. The molecule has 4 unspecified atom stereocenters. The lowest BCUT2D eigenvalue weighted by atomic mass is 9.87. The smallest absolute Gasteiger partial charge is 0.407 e. The third kappa shape index (κ3) is 14.0. The molecule has 0 aromatic carbocycles. The monoisotopic (exact) mass is 434 g/mol. The molecule has 0 aromatic heterocycles. The van der Waals surface area contributed by atoms with Crippen LogP contribution in [0.2, 0.25) is 0 Å². The van der Waals surface area contributed by atoms with Crippen molar-refractivity contribution in [3.05, 3.63) is 0 Å². The van der Waals surface area contributed by atoms with Crippen molar-refractivity contribution in [1.82, 2.24) is 5.32 Å². The molecule has 1 aliphatic rings. The van der Waals surface area contributed by atoms with E-state index in [1.165, 1.54) is 6.92 Å². The first-order valence-electron chi connectivity index (χ1n) is 10.2. The van der Waals surface area contributed by atoms with Gasteiger partial charge in [-0.05, 0) is 34.1 Å². The molecule has 3 N–H and O–H groups in total. The van der Waals surface area contributed by atoms with Crippen LogP contribution in [0.15, 0.2) is 0 Å². The molecule has 10 heteroatoms. The summed E-state index contributed by atoms with van der Waals surface area (Å²) in [6, 6.07) is 0.0248. The molecule has 176 valence electrons. The molecule has 1 heterocycles. The SMILES string of the molecule is CC(=O)OC1CC(C)OC(C)O1.CCCC(C)(COC(N)=O)COC(=O)NC(C)C. The maximum atomic E-state index is 11.4. The first-order chi connectivity index (χ1) is 13.9. The Hall–Kier alpha value is -2.07. The summed E-state index contributed by atoms with van der Waals surface area (Å²) in [7, 11) is 0. The van der Waals surface area contributed by atoms with Gasteiger partial charge in [0.25, 0.3) is 0 Å². The number of carbonyl (C=O) groups excluding carboxylic acids is 3. The van der Waals surface area contributed by atoms with Crippen molar-refractivity contribution in [1.29, 1.82) is 0 Å². The number of primary amides is 1. The Balaban J connectivity index is 0.000000604. The van der Waals surface area contributed by atoms with E-state index in [4.69, 9.17) is 29.4 Å². The molecule has 1 fully saturated rings. The molecule has 0 spiro atoms. The summed E-state index contributed by atoms with van der Waals surface area (Å²) in [6.07, 6.45) is 0.334. The normalized spacial score (nSPS) is 22.7. The van der Waals surface area contributed by atoms with E-state index in [-0.39, 0.29) is 37.6 Å². The Labute approximate surface area is 179 Å². The third-order valence-electron chi connectivity index (χ3n) is 3.96. The summed E-state index contributed by atoms with van der Waals surface area (Å²) >= 11 is 0. The molecule has 4 atom stereocenters. The molecule has 1 saturated heterocycles. The highest BCUT2D eigenvalue weighted by Crippen LogP contribution is 2.24. The van der Waals surface area contributed by atoms with Gasteiger partial charge in [0.15, 0.2) is 6.29 Å². The molecule has 0 saturated carbocycles. The first-order valence-corrected chi connectivity index (χ1v) is 10.2. The number of amides is 2. The Bertz CT molecular complexity index is 533. The van der Waals surface area contributed by atoms with Gasteiger partial charge in [0.1, 0.15) is 13.2 Å². The van der Waals surface area contributed by atoms with Gasteiger partial charge in [0.05, 0.1) is 6.10 Å². The van der Waals surface area contributed by atoms with Gasteiger partial charge in [0, 0.05) is 24.8 Å². The Kier molecular flexibility index (Phi) is 13.1. The Morgan fingerprint density at radius 1 is 1.17 bits per heavy atom. The fourth-order valence-corrected chi connectivity index (χ4v) is 2.77. The number of nitrogens with one attached hydrogen (secondary N) is 1. The second-order valence-electron chi connectivity index (χ2n) is 7.97. The number of hydrogen-bond donors (Lipinski definition) is 2. The number of alkyl carbamates (subject to hydrolysis) is 1. The van der Waals surface area contributed by atoms with Gasteiger partial charge in [0.2, 0.25) is 6.29 Å². The van der Waals surface area contributed by atoms with E-state index in [0.29, 0.717) is 6.42 Å². The van der Waals surface area contributed by atoms with E-state index in [2.05, 4.69) is 5.32 Å². The lowest BCUT2D eigenvalue weighted by Gasteiger charge is -2.31. The number of rotatable bonds is 8. The summed E-state index contributed by atoms with van der Waals surface area (Å²) in [5, 5.41) is 2.63. The molecule has 0 aliphatic carbocycles. The molecule has 0 aromatic rings. The topological polar surface area (TPSA) is 135 Å². The fraction of sp³-hybridized carbons (Fsp3) is 0.850.